The van der Waals surface area contributed by atoms with E-state index in [9.17, 15) is 24.6 Å². The van der Waals surface area contributed by atoms with E-state index in [4.69, 9.17) is 14.2 Å². The number of benzene rings is 1. The Morgan fingerprint density at radius 1 is 1.00 bits per heavy atom. The van der Waals surface area contributed by atoms with Gasteiger partial charge in [0.15, 0.2) is 22.8 Å². The summed E-state index contributed by atoms with van der Waals surface area (Å²) < 4.78 is 20.6. The Morgan fingerprint density at radius 3 is 2.35 bits per heavy atom. The van der Waals surface area contributed by atoms with Gasteiger partial charge in [-0.25, -0.2) is 4.79 Å². The second-order valence-electron chi connectivity index (χ2n) is 14.8. The van der Waals surface area contributed by atoms with Crippen molar-refractivity contribution in [1.82, 2.24) is 0 Å². The number of carbonyl (C=O) groups excluding carboxylic acids is 2. The fourth-order valence-corrected chi connectivity index (χ4v) is 8.17. The molecule has 0 aromatic heterocycles. The molecule has 8 nitrogen and oxygen atoms in total. The number of allylic oxidation sites excluding steroid dienone is 5. The van der Waals surface area contributed by atoms with Crippen LogP contribution in [0.3, 0.4) is 0 Å². The molecule has 8 heteroatoms. The fourth-order valence-electron chi connectivity index (χ4n) is 8.17. The molecule has 7 rings (SSSR count). The molecule has 1 aromatic rings. The number of aliphatic carboxylic acids is 1. The second kappa shape index (κ2) is 10.6. The molecule has 0 amide bonds. The van der Waals surface area contributed by atoms with E-state index in [1.807, 2.05) is 52.8 Å². The number of phenols is 1. The highest BCUT2D eigenvalue weighted by Gasteiger charge is 2.81. The maximum absolute atomic E-state index is 14.7. The van der Waals surface area contributed by atoms with E-state index in [2.05, 4.69) is 19.9 Å². The molecule has 244 valence electrons. The first-order valence-corrected chi connectivity index (χ1v) is 16.2. The molecule has 46 heavy (non-hydrogen) atoms. The van der Waals surface area contributed by atoms with Crippen LogP contribution in [-0.4, -0.2) is 50.2 Å². The Kier molecular flexibility index (Phi) is 7.36. The summed E-state index contributed by atoms with van der Waals surface area (Å²) in [5, 5.41) is 21.4. The average Bonchev–Trinajstić information content (AvgIpc) is 3.12. The molecule has 4 bridgehead atoms. The number of ether oxygens (including phenoxy) is 3. The molecule has 3 aliphatic heterocycles. The third kappa shape index (κ3) is 4.47. The summed E-state index contributed by atoms with van der Waals surface area (Å²) in [6.45, 7) is 15.4. The normalized spacial score (nSPS) is 31.2. The smallest absolute Gasteiger partial charge is 0.330 e. The van der Waals surface area contributed by atoms with Crippen molar-refractivity contribution < 1.29 is 38.8 Å². The predicted molar refractivity (Wildman–Crippen MR) is 174 cm³/mol. The lowest BCUT2D eigenvalue weighted by molar-refractivity contribution is -0.171. The molecule has 1 saturated heterocycles. The van der Waals surface area contributed by atoms with Gasteiger partial charge in [-0.1, -0.05) is 35.5 Å². The number of hydrogen-bond donors (Lipinski definition) is 2. The molecule has 1 saturated carbocycles. The second-order valence-corrected chi connectivity index (χ2v) is 14.8. The largest absolute Gasteiger partial charge is 0.506 e. The highest BCUT2D eigenvalue weighted by Crippen LogP contribution is 2.68. The molecule has 3 heterocycles. The first-order valence-electron chi connectivity index (χ1n) is 16.2. The topological polar surface area (TPSA) is 119 Å². The Hall–Kier alpha value is -3.91. The van der Waals surface area contributed by atoms with Crippen LogP contribution in [0.2, 0.25) is 0 Å². The van der Waals surface area contributed by atoms with Gasteiger partial charge in [0.2, 0.25) is 0 Å². The van der Waals surface area contributed by atoms with E-state index in [-0.39, 0.29) is 40.8 Å². The number of aromatic hydroxyl groups is 1. The van der Waals surface area contributed by atoms with Crippen LogP contribution in [0.15, 0.2) is 52.7 Å². The number of fused-ring (bicyclic) bond motifs is 2. The molecule has 1 aromatic carbocycles. The van der Waals surface area contributed by atoms with Crippen molar-refractivity contribution in [2.45, 2.75) is 110 Å². The van der Waals surface area contributed by atoms with Crippen LogP contribution >= 0.6 is 0 Å². The summed E-state index contributed by atoms with van der Waals surface area (Å²) in [4.78, 5) is 40.8. The summed E-state index contributed by atoms with van der Waals surface area (Å²) in [6.07, 6.45) is 13.4. The van der Waals surface area contributed by atoms with E-state index in [1.54, 1.807) is 6.08 Å². The Labute approximate surface area is 270 Å². The average molecular weight is 629 g/mol. The number of rotatable bonds is 8. The summed E-state index contributed by atoms with van der Waals surface area (Å²) in [7, 11) is 0. The van der Waals surface area contributed by atoms with E-state index >= 15 is 0 Å². The number of carboxylic acid groups (broad SMARTS) is 1. The van der Waals surface area contributed by atoms with Crippen LogP contribution in [0, 0.1) is 11.8 Å². The zero-order valence-electron chi connectivity index (χ0n) is 28.0. The number of ketones is 2. The van der Waals surface area contributed by atoms with Gasteiger partial charge in [0, 0.05) is 35.0 Å². The molecule has 5 atom stereocenters. The number of carbonyl (C=O) groups is 3. The minimum atomic E-state index is -1.63. The van der Waals surface area contributed by atoms with Crippen molar-refractivity contribution in [2.24, 2.45) is 11.8 Å². The lowest BCUT2D eigenvalue weighted by Crippen LogP contribution is -2.72. The van der Waals surface area contributed by atoms with Gasteiger partial charge in [0.25, 0.3) is 0 Å². The zero-order valence-corrected chi connectivity index (χ0v) is 28.0. The molecule has 6 aliphatic rings. The van der Waals surface area contributed by atoms with Gasteiger partial charge in [-0.2, -0.15) is 0 Å². The number of hydrogen-bond acceptors (Lipinski definition) is 7. The number of carboxylic acids is 1. The molecular weight excluding hydrogens is 584 g/mol. The van der Waals surface area contributed by atoms with Crippen LogP contribution in [-0.2, 0) is 20.7 Å². The van der Waals surface area contributed by atoms with E-state index in [0.717, 1.165) is 12.0 Å². The summed E-state index contributed by atoms with van der Waals surface area (Å²) in [6, 6.07) is 0. The van der Waals surface area contributed by atoms with Gasteiger partial charge in [0.1, 0.15) is 28.4 Å². The maximum Gasteiger partial charge on any atom is 0.330 e. The highest BCUT2D eigenvalue weighted by molar-refractivity contribution is 6.19. The quantitative estimate of drug-likeness (QED) is 0.228. The first kappa shape index (κ1) is 32.0. The van der Waals surface area contributed by atoms with Gasteiger partial charge in [-0.3, -0.25) is 9.59 Å². The monoisotopic (exact) mass is 628 g/mol. The molecule has 2 N–H and O–H groups in total. The van der Waals surface area contributed by atoms with Crippen LogP contribution in [0.25, 0.3) is 6.08 Å². The van der Waals surface area contributed by atoms with Gasteiger partial charge in [-0.15, -0.1) is 0 Å². The van der Waals surface area contributed by atoms with Gasteiger partial charge in [0.05, 0.1) is 11.2 Å². The third-order valence-corrected chi connectivity index (χ3v) is 10.5. The molecular formula is C38H44O8. The predicted octanol–water partition coefficient (Wildman–Crippen LogP) is 7.24. The molecule has 3 unspecified atom stereocenters. The Balaban J connectivity index is 1.59. The van der Waals surface area contributed by atoms with E-state index < -0.39 is 40.1 Å². The van der Waals surface area contributed by atoms with Crippen LogP contribution in [0.4, 0.5) is 0 Å². The maximum atomic E-state index is 14.7. The summed E-state index contributed by atoms with van der Waals surface area (Å²) >= 11 is 0. The van der Waals surface area contributed by atoms with Crippen molar-refractivity contribution in [3.05, 3.63) is 69.4 Å². The van der Waals surface area contributed by atoms with E-state index in [1.165, 1.54) is 18.6 Å². The first-order chi connectivity index (χ1) is 21.5. The van der Waals surface area contributed by atoms with E-state index in [0.29, 0.717) is 41.7 Å². The van der Waals surface area contributed by atoms with Gasteiger partial charge in [-0.05, 0) is 93.2 Å². The van der Waals surface area contributed by atoms with Crippen molar-refractivity contribution in [3.8, 4) is 17.2 Å². The van der Waals surface area contributed by atoms with Crippen LogP contribution < -0.4 is 9.47 Å². The lowest BCUT2D eigenvalue weighted by atomic mass is 9.51. The SMILES string of the molecule is CC(C)=CCC[C@]1(C)C=Cc2c(O)c3c(c(CC=C(C)C)c2O1)O[C@]12C(=CC4CC1C(C)(C)OC2(C/C=C(/C)C(=O)O)C4=O)C3=O. The minimum absolute atomic E-state index is 0.0544. The highest BCUT2D eigenvalue weighted by atomic mass is 16.6. The summed E-state index contributed by atoms with van der Waals surface area (Å²) in [5.41, 5.74) is -0.952. The minimum Gasteiger partial charge on any atom is -0.506 e. The number of Topliss-reactive ketones (excluding diaryl/α,β-unsaturated/α-hetero) is 2. The molecule has 0 radical (unpaired) electrons. The van der Waals surface area contributed by atoms with Crippen molar-refractivity contribution in [3.63, 3.8) is 0 Å². The number of phenolic OH excluding ortho intramolecular Hbond substituents is 1. The third-order valence-electron chi connectivity index (χ3n) is 10.5. The van der Waals surface area contributed by atoms with Gasteiger partial charge < -0.3 is 24.4 Å². The van der Waals surface area contributed by atoms with Crippen LogP contribution in [0.1, 0.15) is 103 Å². The lowest BCUT2D eigenvalue weighted by Gasteiger charge is -2.56. The zero-order chi connectivity index (χ0) is 33.6. The van der Waals surface area contributed by atoms with Crippen molar-refractivity contribution in [2.75, 3.05) is 0 Å². The summed E-state index contributed by atoms with van der Waals surface area (Å²) in [5.74, 6) is -2.28. The van der Waals surface area contributed by atoms with Gasteiger partial charge >= 0.3 is 5.97 Å². The standard InChI is InChI=1S/C38H44O8/c1-20(2)10-9-15-36(8)16-14-24-29(39)28-30(40)26-18-23-19-27-35(6,7)46-37(33(23)41,17-13-22(5)34(42)43)38(26,27)45-32(28)25(31(24)44-36)12-11-21(3)4/h10-11,13-14,16,18,23,27,39H,9,12,15,17,19H2,1-8H3,(H,42,43)/b22-13-/t23?,27?,36-,37?,38-/m1/s1. The van der Waals surface area contributed by atoms with Crippen molar-refractivity contribution >= 4 is 23.6 Å². The Morgan fingerprint density at radius 2 is 1.70 bits per heavy atom. The van der Waals surface area contributed by atoms with Crippen molar-refractivity contribution in [1.29, 1.82) is 0 Å². The molecule has 1 spiro atoms. The van der Waals surface area contributed by atoms with Crippen LogP contribution in [0.5, 0.6) is 17.2 Å². The molecule has 3 aliphatic carbocycles. The fraction of sp³-hybridized carbons (Fsp3) is 0.500. The molecule has 2 fully saturated rings. The Bertz CT molecular complexity index is 1730.